The van der Waals surface area contributed by atoms with Gasteiger partial charge in [-0.1, -0.05) is 0 Å². The van der Waals surface area contributed by atoms with Crippen molar-refractivity contribution in [1.82, 2.24) is 9.97 Å². The van der Waals surface area contributed by atoms with Crippen molar-refractivity contribution >= 4 is 5.97 Å². The molecule has 0 amide bonds. The number of aryl methyl sites for hydroxylation is 2. The van der Waals surface area contributed by atoms with Gasteiger partial charge < -0.3 is 10.1 Å². The second kappa shape index (κ2) is 4.01. The van der Waals surface area contributed by atoms with Gasteiger partial charge in [0.1, 0.15) is 0 Å². The molecule has 2 heterocycles. The highest BCUT2D eigenvalue weighted by molar-refractivity contribution is 5.97. The smallest absolute Gasteiger partial charge is 0.337 e. The lowest BCUT2D eigenvalue weighted by atomic mass is 10.0. The van der Waals surface area contributed by atoms with E-state index < -0.39 is 11.9 Å². The van der Waals surface area contributed by atoms with Gasteiger partial charge in [0.15, 0.2) is 0 Å². The first-order valence-corrected chi connectivity index (χ1v) is 5.05. The number of rotatable bonds is 2. The minimum atomic E-state index is -1.02. The van der Waals surface area contributed by atoms with Crippen LogP contribution in [-0.2, 0) is 0 Å². The lowest BCUT2D eigenvalue weighted by Crippen LogP contribution is -1.99. The molecule has 0 spiro atoms. The predicted octanol–water partition coefficient (Wildman–Crippen LogP) is 2.53. The molecule has 2 aromatic heterocycles. The Kier molecular flexibility index (Phi) is 2.67. The Morgan fingerprint density at radius 3 is 2.71 bits per heavy atom. The Hall–Kier alpha value is -2.17. The number of nitrogens with one attached hydrogen (secondary N) is 1. The average molecular weight is 234 g/mol. The van der Waals surface area contributed by atoms with Gasteiger partial charge in [-0.05, 0) is 26.0 Å². The summed E-state index contributed by atoms with van der Waals surface area (Å²) in [6, 6.07) is 2.76. The van der Waals surface area contributed by atoms with Crippen molar-refractivity contribution in [3.05, 3.63) is 41.2 Å². The zero-order chi connectivity index (χ0) is 12.6. The maximum atomic E-state index is 12.9. The predicted molar refractivity (Wildman–Crippen MR) is 60.4 cm³/mol. The van der Waals surface area contributed by atoms with Crippen LogP contribution in [0.25, 0.3) is 11.1 Å². The number of H-pyrrole nitrogens is 1. The number of carboxylic acid groups (broad SMARTS) is 1. The van der Waals surface area contributed by atoms with Crippen LogP contribution >= 0.6 is 0 Å². The van der Waals surface area contributed by atoms with Crippen molar-refractivity contribution in [2.24, 2.45) is 0 Å². The molecule has 5 heteroatoms. The van der Waals surface area contributed by atoms with E-state index in [1.54, 1.807) is 19.9 Å². The van der Waals surface area contributed by atoms with Crippen LogP contribution in [0.3, 0.4) is 0 Å². The maximum Gasteiger partial charge on any atom is 0.337 e. The van der Waals surface area contributed by atoms with Crippen LogP contribution in [0.4, 0.5) is 4.39 Å². The van der Waals surface area contributed by atoms with Gasteiger partial charge >= 0.3 is 5.97 Å². The van der Waals surface area contributed by atoms with Crippen LogP contribution in [0.1, 0.15) is 21.7 Å². The van der Waals surface area contributed by atoms with Crippen LogP contribution < -0.4 is 0 Å². The largest absolute Gasteiger partial charge is 0.478 e. The molecule has 0 aliphatic heterocycles. The quantitative estimate of drug-likeness (QED) is 0.784. The third kappa shape index (κ3) is 1.91. The molecule has 0 saturated heterocycles. The van der Waals surface area contributed by atoms with Crippen molar-refractivity contribution in [2.75, 3.05) is 0 Å². The van der Waals surface area contributed by atoms with Gasteiger partial charge in [-0.15, -0.1) is 0 Å². The monoisotopic (exact) mass is 234 g/mol. The van der Waals surface area contributed by atoms with Gasteiger partial charge in [-0.25, -0.2) is 9.78 Å². The highest BCUT2D eigenvalue weighted by atomic mass is 19.1. The van der Waals surface area contributed by atoms with E-state index in [4.69, 9.17) is 5.11 Å². The first kappa shape index (κ1) is 11.3. The van der Waals surface area contributed by atoms with E-state index in [1.165, 1.54) is 12.3 Å². The van der Waals surface area contributed by atoms with Gasteiger partial charge in [0, 0.05) is 28.7 Å². The summed E-state index contributed by atoms with van der Waals surface area (Å²) < 4.78 is 12.9. The number of aromatic nitrogens is 2. The summed E-state index contributed by atoms with van der Waals surface area (Å²) in [6.07, 6.45) is 1.43. The molecule has 0 bridgehead atoms. The fraction of sp³-hybridized carbons (Fsp3) is 0.167. The standard InChI is InChI=1S/C12H11FN2O2/c1-6-8(3-4-10(13)15-6)11-7(2)14-5-9(11)12(16)17/h3-5,14H,1-2H3,(H,16,17). The van der Waals surface area contributed by atoms with E-state index in [2.05, 4.69) is 9.97 Å². The summed E-state index contributed by atoms with van der Waals surface area (Å²) in [6.45, 7) is 3.42. The lowest BCUT2D eigenvalue weighted by Gasteiger charge is -2.06. The third-order valence-corrected chi connectivity index (χ3v) is 2.63. The number of nitrogens with zero attached hydrogens (tertiary/aromatic N) is 1. The molecular weight excluding hydrogens is 223 g/mol. The van der Waals surface area contributed by atoms with Gasteiger partial charge in [-0.2, -0.15) is 4.39 Å². The molecule has 0 aliphatic carbocycles. The van der Waals surface area contributed by atoms with E-state index in [0.717, 1.165) is 5.69 Å². The van der Waals surface area contributed by atoms with Crippen LogP contribution in [0.15, 0.2) is 18.3 Å². The van der Waals surface area contributed by atoms with E-state index in [9.17, 15) is 9.18 Å². The number of pyridine rings is 1. The van der Waals surface area contributed by atoms with E-state index >= 15 is 0 Å². The lowest BCUT2D eigenvalue weighted by molar-refractivity contribution is 0.0698. The van der Waals surface area contributed by atoms with Gasteiger partial charge in [0.25, 0.3) is 0 Å². The number of halogens is 1. The Labute approximate surface area is 97.1 Å². The Morgan fingerprint density at radius 2 is 2.12 bits per heavy atom. The van der Waals surface area contributed by atoms with E-state index in [0.29, 0.717) is 16.8 Å². The van der Waals surface area contributed by atoms with Crippen molar-refractivity contribution in [3.63, 3.8) is 0 Å². The second-order valence-electron chi connectivity index (χ2n) is 3.77. The number of carbonyl (C=O) groups is 1. The van der Waals surface area contributed by atoms with Crippen molar-refractivity contribution < 1.29 is 14.3 Å². The molecule has 2 aromatic rings. The van der Waals surface area contributed by atoms with Crippen molar-refractivity contribution in [3.8, 4) is 11.1 Å². The number of carboxylic acids is 1. The van der Waals surface area contributed by atoms with Crippen molar-refractivity contribution in [1.29, 1.82) is 0 Å². The molecule has 0 aliphatic rings. The third-order valence-electron chi connectivity index (χ3n) is 2.63. The highest BCUT2D eigenvalue weighted by Gasteiger charge is 2.18. The number of hydrogen-bond acceptors (Lipinski definition) is 2. The zero-order valence-electron chi connectivity index (χ0n) is 9.41. The van der Waals surface area contributed by atoms with Crippen LogP contribution in [0.5, 0.6) is 0 Å². The summed E-state index contributed by atoms with van der Waals surface area (Å²) in [5.74, 6) is -1.59. The molecule has 2 rings (SSSR count). The Morgan fingerprint density at radius 1 is 1.41 bits per heavy atom. The minimum Gasteiger partial charge on any atom is -0.478 e. The SMILES string of the molecule is Cc1nc(F)ccc1-c1c(C(=O)O)c[nH]c1C. The van der Waals surface area contributed by atoms with Gasteiger partial charge in [-0.3, -0.25) is 0 Å². The topological polar surface area (TPSA) is 66.0 Å². The summed E-state index contributed by atoms with van der Waals surface area (Å²) in [5, 5.41) is 9.07. The first-order valence-electron chi connectivity index (χ1n) is 5.05. The summed E-state index contributed by atoms with van der Waals surface area (Å²) in [7, 11) is 0. The first-order chi connectivity index (χ1) is 8.00. The highest BCUT2D eigenvalue weighted by Crippen LogP contribution is 2.29. The average Bonchev–Trinajstić information content (AvgIpc) is 2.60. The van der Waals surface area contributed by atoms with E-state index in [-0.39, 0.29) is 5.56 Å². The Bertz CT molecular complexity index is 590. The normalized spacial score (nSPS) is 10.5. The van der Waals surface area contributed by atoms with Crippen LogP contribution in [0, 0.1) is 19.8 Å². The Balaban J connectivity index is 2.67. The zero-order valence-corrected chi connectivity index (χ0v) is 9.41. The van der Waals surface area contributed by atoms with Gasteiger partial charge in [0.2, 0.25) is 5.95 Å². The van der Waals surface area contributed by atoms with E-state index in [1.807, 2.05) is 0 Å². The summed E-state index contributed by atoms with van der Waals surface area (Å²) in [5.41, 5.74) is 2.54. The van der Waals surface area contributed by atoms with Crippen LogP contribution in [-0.4, -0.2) is 21.0 Å². The molecule has 0 aromatic carbocycles. The number of aromatic carboxylic acids is 1. The molecule has 2 N–H and O–H groups in total. The molecule has 0 saturated carbocycles. The summed E-state index contributed by atoms with van der Waals surface area (Å²) >= 11 is 0. The molecule has 4 nitrogen and oxygen atoms in total. The molecular formula is C12H11FN2O2. The fourth-order valence-corrected chi connectivity index (χ4v) is 1.84. The fourth-order valence-electron chi connectivity index (χ4n) is 1.84. The van der Waals surface area contributed by atoms with Crippen molar-refractivity contribution in [2.45, 2.75) is 13.8 Å². The summed E-state index contributed by atoms with van der Waals surface area (Å²) in [4.78, 5) is 17.6. The molecule has 0 fully saturated rings. The number of hydrogen-bond donors (Lipinski definition) is 2. The minimum absolute atomic E-state index is 0.166. The molecule has 0 radical (unpaired) electrons. The molecule has 17 heavy (non-hydrogen) atoms. The second-order valence-corrected chi connectivity index (χ2v) is 3.77. The molecule has 0 unspecified atom stereocenters. The molecule has 0 atom stereocenters. The van der Waals surface area contributed by atoms with Gasteiger partial charge in [0.05, 0.1) is 5.56 Å². The maximum absolute atomic E-state index is 12.9. The van der Waals surface area contributed by atoms with Crippen LogP contribution in [0.2, 0.25) is 0 Å². The molecule has 88 valence electrons. The number of aromatic amines is 1.